The lowest BCUT2D eigenvalue weighted by Crippen LogP contribution is -2.45. The largest absolute Gasteiger partial charge is 0.348 e. The van der Waals surface area contributed by atoms with Gasteiger partial charge in [0.2, 0.25) is 0 Å². The zero-order valence-electron chi connectivity index (χ0n) is 9.92. The first-order valence-electron chi connectivity index (χ1n) is 5.95. The summed E-state index contributed by atoms with van der Waals surface area (Å²) in [5.74, 6) is 0.0480. The van der Waals surface area contributed by atoms with Crippen LogP contribution in [0.4, 0.5) is 0 Å². The Labute approximate surface area is 116 Å². The maximum absolute atomic E-state index is 12.1. The molecule has 0 unspecified atom stereocenters. The van der Waals surface area contributed by atoms with E-state index in [2.05, 4.69) is 33.2 Å². The zero-order valence-corrected chi connectivity index (χ0v) is 12.1. The van der Waals surface area contributed by atoms with Gasteiger partial charge in [0, 0.05) is 16.2 Å². The van der Waals surface area contributed by atoms with Gasteiger partial charge in [-0.3, -0.25) is 4.79 Å². The van der Waals surface area contributed by atoms with E-state index in [-0.39, 0.29) is 11.9 Å². The highest BCUT2D eigenvalue weighted by Gasteiger charge is 2.18. The van der Waals surface area contributed by atoms with Crippen LogP contribution >= 0.6 is 22.6 Å². The van der Waals surface area contributed by atoms with Gasteiger partial charge in [-0.05, 0) is 60.5 Å². The smallest absolute Gasteiger partial charge is 0.252 e. The second-order valence-electron chi connectivity index (χ2n) is 4.45. The molecule has 1 aromatic carbocycles. The van der Waals surface area contributed by atoms with Crippen molar-refractivity contribution in [3.8, 4) is 0 Å². The lowest BCUT2D eigenvalue weighted by atomic mass is 10.1. The van der Waals surface area contributed by atoms with Gasteiger partial charge in [-0.2, -0.15) is 0 Å². The minimum atomic E-state index is 0.0480. The molecule has 0 bridgehead atoms. The van der Waals surface area contributed by atoms with Crippen LogP contribution in [-0.2, 0) is 0 Å². The van der Waals surface area contributed by atoms with Crippen LogP contribution in [0.2, 0.25) is 0 Å². The highest BCUT2D eigenvalue weighted by molar-refractivity contribution is 14.1. The molecule has 92 valence electrons. The van der Waals surface area contributed by atoms with Gasteiger partial charge in [-0.1, -0.05) is 12.1 Å². The van der Waals surface area contributed by atoms with Crippen molar-refractivity contribution in [1.82, 2.24) is 10.6 Å². The van der Waals surface area contributed by atoms with E-state index in [1.54, 1.807) is 0 Å². The number of amides is 1. The average Bonchev–Trinajstić information content (AvgIpc) is 2.34. The number of carbonyl (C=O) groups is 1. The van der Waals surface area contributed by atoms with Gasteiger partial charge in [-0.15, -0.1) is 0 Å². The minimum absolute atomic E-state index is 0.0480. The van der Waals surface area contributed by atoms with Crippen molar-refractivity contribution in [2.45, 2.75) is 25.8 Å². The van der Waals surface area contributed by atoms with Crippen LogP contribution in [0.15, 0.2) is 18.2 Å². The Bertz CT molecular complexity index is 414. The molecule has 1 aliphatic heterocycles. The number of rotatable bonds is 2. The van der Waals surface area contributed by atoms with Crippen molar-refractivity contribution in [2.24, 2.45) is 0 Å². The van der Waals surface area contributed by atoms with E-state index in [0.29, 0.717) is 0 Å². The average molecular weight is 344 g/mol. The monoisotopic (exact) mass is 344 g/mol. The van der Waals surface area contributed by atoms with Gasteiger partial charge >= 0.3 is 0 Å². The molecule has 1 atom stereocenters. The molecule has 1 amide bonds. The summed E-state index contributed by atoms with van der Waals surface area (Å²) in [7, 11) is 0. The van der Waals surface area contributed by atoms with E-state index in [1.807, 2.05) is 25.1 Å². The Kier molecular flexibility index (Phi) is 4.39. The van der Waals surface area contributed by atoms with E-state index in [9.17, 15) is 4.79 Å². The van der Waals surface area contributed by atoms with E-state index in [0.717, 1.165) is 40.6 Å². The van der Waals surface area contributed by atoms with E-state index in [4.69, 9.17) is 0 Å². The van der Waals surface area contributed by atoms with Crippen LogP contribution in [0.3, 0.4) is 0 Å². The summed E-state index contributed by atoms with van der Waals surface area (Å²) in [6.07, 6.45) is 2.21. The highest BCUT2D eigenvalue weighted by Crippen LogP contribution is 2.17. The molecule has 3 nitrogen and oxygen atoms in total. The summed E-state index contributed by atoms with van der Waals surface area (Å²) in [5, 5.41) is 6.40. The molecular formula is C13H17IN2O. The number of carbonyl (C=O) groups excluding carboxylic acids is 1. The molecule has 1 heterocycles. The van der Waals surface area contributed by atoms with E-state index < -0.39 is 0 Å². The number of aryl methyl sites for hydroxylation is 1. The summed E-state index contributed by atoms with van der Waals surface area (Å²) in [5.41, 5.74) is 1.94. The standard InChI is InChI=1S/C13H17IN2O/c1-9-4-2-6-11(12(9)14)13(17)16-10-5-3-7-15-8-10/h2,4,6,10,15H,3,5,7-8H2,1H3,(H,16,17)/t10-/m1/s1. The lowest BCUT2D eigenvalue weighted by Gasteiger charge is -2.24. The first-order valence-corrected chi connectivity index (χ1v) is 7.03. The third kappa shape index (κ3) is 3.19. The molecule has 1 aliphatic rings. The molecule has 0 spiro atoms. The van der Waals surface area contributed by atoms with Crippen LogP contribution < -0.4 is 10.6 Å². The van der Waals surface area contributed by atoms with Gasteiger partial charge in [0.1, 0.15) is 0 Å². The quantitative estimate of drug-likeness (QED) is 0.807. The number of hydrogen-bond acceptors (Lipinski definition) is 2. The molecule has 1 saturated heterocycles. The van der Waals surface area contributed by atoms with Crippen molar-refractivity contribution in [3.05, 3.63) is 32.9 Å². The second kappa shape index (κ2) is 5.82. The molecule has 4 heteroatoms. The molecule has 1 fully saturated rings. The highest BCUT2D eigenvalue weighted by atomic mass is 127. The Morgan fingerprint density at radius 3 is 3.06 bits per heavy atom. The topological polar surface area (TPSA) is 41.1 Å². The Morgan fingerprint density at radius 1 is 1.53 bits per heavy atom. The van der Waals surface area contributed by atoms with Crippen molar-refractivity contribution < 1.29 is 4.79 Å². The summed E-state index contributed by atoms with van der Waals surface area (Å²) in [6.45, 7) is 3.98. The molecule has 0 saturated carbocycles. The summed E-state index contributed by atoms with van der Waals surface area (Å²) < 4.78 is 1.05. The molecule has 0 radical (unpaired) electrons. The van der Waals surface area contributed by atoms with Crippen LogP contribution in [0.25, 0.3) is 0 Å². The first-order chi connectivity index (χ1) is 8.18. The van der Waals surface area contributed by atoms with Crippen molar-refractivity contribution in [1.29, 1.82) is 0 Å². The van der Waals surface area contributed by atoms with Crippen LogP contribution in [0.5, 0.6) is 0 Å². The predicted molar refractivity (Wildman–Crippen MR) is 77.3 cm³/mol. The van der Waals surface area contributed by atoms with E-state index in [1.165, 1.54) is 0 Å². The molecule has 2 rings (SSSR count). The van der Waals surface area contributed by atoms with Crippen LogP contribution in [0.1, 0.15) is 28.8 Å². The Morgan fingerprint density at radius 2 is 2.35 bits per heavy atom. The molecular weight excluding hydrogens is 327 g/mol. The van der Waals surface area contributed by atoms with Gasteiger partial charge in [-0.25, -0.2) is 0 Å². The van der Waals surface area contributed by atoms with Crippen molar-refractivity contribution in [3.63, 3.8) is 0 Å². The third-order valence-electron chi connectivity index (χ3n) is 3.07. The fourth-order valence-electron chi connectivity index (χ4n) is 2.06. The fraction of sp³-hybridized carbons (Fsp3) is 0.462. The normalized spacial score (nSPS) is 20.0. The number of nitrogens with one attached hydrogen (secondary N) is 2. The second-order valence-corrected chi connectivity index (χ2v) is 5.53. The molecule has 17 heavy (non-hydrogen) atoms. The van der Waals surface area contributed by atoms with Crippen LogP contribution in [-0.4, -0.2) is 25.0 Å². The van der Waals surface area contributed by atoms with Crippen LogP contribution in [0, 0.1) is 10.5 Å². The summed E-state index contributed by atoms with van der Waals surface area (Å²) in [6, 6.07) is 6.12. The minimum Gasteiger partial charge on any atom is -0.348 e. The molecule has 1 aromatic rings. The van der Waals surface area contributed by atoms with Gasteiger partial charge < -0.3 is 10.6 Å². The van der Waals surface area contributed by atoms with Gasteiger partial charge in [0.25, 0.3) is 5.91 Å². The zero-order chi connectivity index (χ0) is 12.3. The molecule has 0 aromatic heterocycles. The number of piperidine rings is 1. The number of hydrogen-bond donors (Lipinski definition) is 2. The Balaban J connectivity index is 2.06. The third-order valence-corrected chi connectivity index (χ3v) is 4.50. The van der Waals surface area contributed by atoms with Gasteiger partial charge in [0.15, 0.2) is 0 Å². The van der Waals surface area contributed by atoms with E-state index >= 15 is 0 Å². The first kappa shape index (κ1) is 12.8. The van der Waals surface area contributed by atoms with Crippen molar-refractivity contribution in [2.75, 3.05) is 13.1 Å². The summed E-state index contributed by atoms with van der Waals surface area (Å²) >= 11 is 2.24. The molecule has 0 aliphatic carbocycles. The Hall–Kier alpha value is -0.620. The van der Waals surface area contributed by atoms with Gasteiger partial charge in [0.05, 0.1) is 5.56 Å². The predicted octanol–water partition coefficient (Wildman–Crippen LogP) is 2.08. The number of halogens is 1. The SMILES string of the molecule is Cc1cccc(C(=O)N[C@@H]2CCCNC2)c1I. The maximum Gasteiger partial charge on any atom is 0.252 e. The molecule has 2 N–H and O–H groups in total. The lowest BCUT2D eigenvalue weighted by molar-refractivity contribution is 0.0929. The van der Waals surface area contributed by atoms with Crippen molar-refractivity contribution >= 4 is 28.5 Å². The number of benzene rings is 1. The summed E-state index contributed by atoms with van der Waals surface area (Å²) in [4.78, 5) is 12.1. The maximum atomic E-state index is 12.1. The fourth-order valence-corrected chi connectivity index (χ4v) is 2.67.